The van der Waals surface area contributed by atoms with E-state index in [9.17, 15) is 0 Å². The molecule has 2 fully saturated rings. The van der Waals surface area contributed by atoms with Crippen LogP contribution in [0.2, 0.25) is 0 Å². The molecule has 0 aliphatic carbocycles. The number of rotatable bonds is 5. The van der Waals surface area contributed by atoms with Crippen molar-refractivity contribution < 1.29 is 9.57 Å². The van der Waals surface area contributed by atoms with Gasteiger partial charge in [-0.15, -0.1) is 0 Å². The van der Waals surface area contributed by atoms with Crippen LogP contribution in [-0.2, 0) is 9.57 Å². The number of allylic oxidation sites excluding steroid dienone is 1. The maximum absolute atomic E-state index is 5.46. The second-order valence-electron chi connectivity index (χ2n) is 6.83. The number of ether oxygens (including phenoxy) is 1. The first kappa shape index (κ1) is 14.8. The van der Waals surface area contributed by atoms with Crippen LogP contribution in [0.4, 0.5) is 0 Å². The Morgan fingerprint density at radius 2 is 2.05 bits per heavy atom. The first-order chi connectivity index (χ1) is 8.81. The summed E-state index contributed by atoms with van der Waals surface area (Å²) < 4.78 is 5.35. The van der Waals surface area contributed by atoms with Crippen LogP contribution in [0, 0.1) is 11.3 Å². The maximum atomic E-state index is 5.46. The second-order valence-corrected chi connectivity index (χ2v) is 6.83. The second kappa shape index (κ2) is 5.08. The summed E-state index contributed by atoms with van der Waals surface area (Å²) in [4.78, 5) is 8.07. The molecule has 0 bridgehead atoms. The number of hydroxylamine groups is 1. The number of hydrogen-bond acceptors (Lipinski definition) is 4. The Balaban J connectivity index is 2.14. The quantitative estimate of drug-likeness (QED) is 0.612. The fourth-order valence-corrected chi connectivity index (χ4v) is 3.86. The van der Waals surface area contributed by atoms with E-state index in [2.05, 4.69) is 44.7 Å². The average molecular weight is 268 g/mol. The Hall–Kier alpha value is -0.580. The molecular weight excluding hydrogens is 240 g/mol. The summed E-state index contributed by atoms with van der Waals surface area (Å²) in [6, 6.07) is 0.592. The van der Waals surface area contributed by atoms with Crippen LogP contribution >= 0.6 is 0 Å². The minimum atomic E-state index is -0.0497. The van der Waals surface area contributed by atoms with E-state index in [-0.39, 0.29) is 11.0 Å². The molecule has 4 nitrogen and oxygen atoms in total. The van der Waals surface area contributed by atoms with Gasteiger partial charge in [0.15, 0.2) is 0 Å². The zero-order chi connectivity index (χ0) is 14.3. The van der Waals surface area contributed by atoms with E-state index in [1.807, 2.05) is 0 Å². The monoisotopic (exact) mass is 268 g/mol. The summed E-state index contributed by atoms with van der Waals surface area (Å²) in [6.07, 6.45) is 1.18. The molecule has 2 rings (SSSR count). The van der Waals surface area contributed by atoms with E-state index in [0.29, 0.717) is 12.0 Å². The zero-order valence-corrected chi connectivity index (χ0v) is 13.0. The van der Waals surface area contributed by atoms with Crippen molar-refractivity contribution in [3.8, 4) is 0 Å². The maximum Gasteiger partial charge on any atom is 0.123 e. The predicted molar refractivity (Wildman–Crippen MR) is 76.6 cm³/mol. The van der Waals surface area contributed by atoms with Crippen molar-refractivity contribution in [2.45, 2.75) is 45.7 Å². The van der Waals surface area contributed by atoms with Crippen LogP contribution in [-0.4, -0.2) is 43.3 Å². The highest BCUT2D eigenvalue weighted by atomic mass is 16.6. The Morgan fingerprint density at radius 1 is 1.42 bits per heavy atom. The van der Waals surface area contributed by atoms with E-state index in [1.165, 1.54) is 6.42 Å². The van der Waals surface area contributed by atoms with Gasteiger partial charge in [-0.2, -0.15) is 5.48 Å². The van der Waals surface area contributed by atoms with E-state index in [4.69, 9.17) is 9.57 Å². The van der Waals surface area contributed by atoms with Crippen molar-refractivity contribution >= 4 is 0 Å². The molecule has 1 N–H and O–H groups in total. The van der Waals surface area contributed by atoms with Gasteiger partial charge in [0, 0.05) is 18.0 Å². The molecule has 0 spiro atoms. The van der Waals surface area contributed by atoms with Crippen LogP contribution in [0.1, 0.15) is 34.1 Å². The number of nitrogens with one attached hydrogen (secondary N) is 1. The molecule has 2 aliphatic rings. The highest BCUT2D eigenvalue weighted by molar-refractivity contribution is 5.12. The summed E-state index contributed by atoms with van der Waals surface area (Å²) in [5.74, 6) is 1.35. The SMILES string of the molecule is C=C(ONC)C(C)(C)[C@H]1CCN(C2COC2)C1(C)C. The van der Waals surface area contributed by atoms with Crippen LogP contribution in [0.25, 0.3) is 0 Å². The van der Waals surface area contributed by atoms with E-state index < -0.39 is 0 Å². The molecule has 0 aromatic rings. The molecule has 110 valence electrons. The largest absolute Gasteiger partial charge is 0.414 e. The van der Waals surface area contributed by atoms with Gasteiger partial charge in [0.1, 0.15) is 5.76 Å². The van der Waals surface area contributed by atoms with E-state index in [1.54, 1.807) is 7.05 Å². The van der Waals surface area contributed by atoms with Crippen LogP contribution < -0.4 is 5.48 Å². The molecule has 2 aliphatic heterocycles. The summed E-state index contributed by atoms with van der Waals surface area (Å²) >= 11 is 0. The Morgan fingerprint density at radius 3 is 2.53 bits per heavy atom. The lowest BCUT2D eigenvalue weighted by atomic mass is 9.68. The van der Waals surface area contributed by atoms with Gasteiger partial charge in [0.05, 0.1) is 19.3 Å². The Labute approximate surface area is 117 Å². The molecule has 2 saturated heterocycles. The van der Waals surface area contributed by atoms with E-state index >= 15 is 0 Å². The van der Waals surface area contributed by atoms with Crippen molar-refractivity contribution in [1.29, 1.82) is 0 Å². The third-order valence-corrected chi connectivity index (χ3v) is 5.13. The van der Waals surface area contributed by atoms with E-state index in [0.717, 1.165) is 25.5 Å². The average Bonchev–Trinajstić information content (AvgIpc) is 2.53. The normalized spacial score (nSPS) is 28.2. The lowest BCUT2D eigenvalue weighted by molar-refractivity contribution is -0.0958. The first-order valence-electron chi connectivity index (χ1n) is 7.19. The van der Waals surface area contributed by atoms with Crippen molar-refractivity contribution in [3.05, 3.63) is 12.3 Å². The molecule has 0 aromatic carbocycles. The third-order valence-electron chi connectivity index (χ3n) is 5.13. The van der Waals surface area contributed by atoms with Crippen molar-refractivity contribution in [1.82, 2.24) is 10.4 Å². The Bertz CT molecular complexity index is 348. The molecule has 2 heterocycles. The molecular formula is C15H28N2O2. The smallest absolute Gasteiger partial charge is 0.123 e. The molecule has 19 heavy (non-hydrogen) atoms. The van der Waals surface area contributed by atoms with Crippen molar-refractivity contribution in [2.75, 3.05) is 26.8 Å². The lowest BCUT2D eigenvalue weighted by Crippen LogP contribution is -2.57. The van der Waals surface area contributed by atoms with Gasteiger partial charge in [0.25, 0.3) is 0 Å². The van der Waals surface area contributed by atoms with Crippen LogP contribution in [0.15, 0.2) is 12.3 Å². The topological polar surface area (TPSA) is 33.7 Å². The zero-order valence-electron chi connectivity index (χ0n) is 13.0. The summed E-state index contributed by atoms with van der Waals surface area (Å²) in [5, 5.41) is 0. The number of nitrogens with zero attached hydrogens (tertiary/aromatic N) is 1. The Kier molecular flexibility index (Phi) is 3.96. The third kappa shape index (κ3) is 2.41. The fraction of sp³-hybridized carbons (Fsp3) is 0.867. The van der Waals surface area contributed by atoms with Gasteiger partial charge in [0.2, 0.25) is 0 Å². The van der Waals surface area contributed by atoms with Gasteiger partial charge in [-0.3, -0.25) is 4.90 Å². The molecule has 0 radical (unpaired) electrons. The molecule has 0 aromatic heterocycles. The summed E-state index contributed by atoms with van der Waals surface area (Å²) in [6.45, 7) is 16.2. The van der Waals surface area contributed by atoms with Crippen molar-refractivity contribution in [3.63, 3.8) is 0 Å². The van der Waals surface area contributed by atoms with Crippen LogP contribution in [0.5, 0.6) is 0 Å². The van der Waals surface area contributed by atoms with Gasteiger partial charge in [-0.1, -0.05) is 20.4 Å². The first-order valence-corrected chi connectivity index (χ1v) is 7.19. The fourth-order valence-electron chi connectivity index (χ4n) is 3.86. The predicted octanol–water partition coefficient (Wildman–Crippen LogP) is 2.18. The summed E-state index contributed by atoms with van der Waals surface area (Å²) in [5.41, 5.74) is 2.85. The van der Waals surface area contributed by atoms with Crippen LogP contribution in [0.3, 0.4) is 0 Å². The van der Waals surface area contributed by atoms with Gasteiger partial charge >= 0.3 is 0 Å². The number of likely N-dealkylation sites (tertiary alicyclic amines) is 1. The van der Waals surface area contributed by atoms with Crippen molar-refractivity contribution in [2.24, 2.45) is 11.3 Å². The molecule has 0 unspecified atom stereocenters. The summed E-state index contributed by atoms with van der Waals surface area (Å²) in [7, 11) is 1.78. The number of hydrogen-bond donors (Lipinski definition) is 1. The highest BCUT2D eigenvalue weighted by Crippen LogP contribution is 2.49. The molecule has 0 saturated carbocycles. The van der Waals surface area contributed by atoms with Gasteiger partial charge in [-0.05, 0) is 32.7 Å². The standard InChI is InChI=1S/C15H28N2O2/c1-11(19-16-6)14(2,3)13-7-8-17(15(13,4)5)12-9-18-10-12/h12-13,16H,1,7-10H2,2-6H3/t13-/m1/s1. The molecule has 1 atom stereocenters. The lowest BCUT2D eigenvalue weighted by Gasteiger charge is -2.48. The minimum absolute atomic E-state index is 0.0497. The highest BCUT2D eigenvalue weighted by Gasteiger charge is 2.52. The molecule has 4 heteroatoms. The van der Waals surface area contributed by atoms with Gasteiger partial charge in [-0.25, -0.2) is 0 Å². The minimum Gasteiger partial charge on any atom is -0.414 e. The van der Waals surface area contributed by atoms with Gasteiger partial charge < -0.3 is 9.57 Å². The molecule has 0 amide bonds.